The maximum Gasteiger partial charge on any atom is 0.223 e. The van der Waals surface area contributed by atoms with Crippen LogP contribution in [0.4, 0.5) is 4.39 Å². The second-order valence-electron chi connectivity index (χ2n) is 7.17. The number of nitrogens with zero attached hydrogens (tertiary/aromatic N) is 1. The molecular weight excluding hydrogens is 327 g/mol. The van der Waals surface area contributed by atoms with Gasteiger partial charge in [0.25, 0.3) is 0 Å². The van der Waals surface area contributed by atoms with Gasteiger partial charge in [-0.2, -0.15) is 0 Å². The Morgan fingerprint density at radius 1 is 1.29 bits per heavy atom. The summed E-state index contributed by atoms with van der Waals surface area (Å²) < 4.78 is 13.3. The van der Waals surface area contributed by atoms with Crippen LogP contribution in [0.2, 0.25) is 0 Å². The van der Waals surface area contributed by atoms with E-state index in [2.05, 4.69) is 5.32 Å². The van der Waals surface area contributed by atoms with E-state index in [4.69, 9.17) is 0 Å². The van der Waals surface area contributed by atoms with Crippen LogP contribution in [-0.4, -0.2) is 36.5 Å². The second kappa shape index (κ2) is 8.82. The highest BCUT2D eigenvalue weighted by atomic mass is 35.5. The summed E-state index contributed by atoms with van der Waals surface area (Å²) >= 11 is 0. The summed E-state index contributed by atoms with van der Waals surface area (Å²) in [4.78, 5) is 14.4. The number of hydrogen-bond acceptors (Lipinski definition) is 2. The number of piperidine rings is 1. The molecule has 5 heteroatoms. The lowest BCUT2D eigenvalue weighted by atomic mass is 9.96. The van der Waals surface area contributed by atoms with Crippen molar-refractivity contribution in [1.82, 2.24) is 10.2 Å². The Bertz CT molecular complexity index is 542. The molecule has 1 unspecified atom stereocenters. The third-order valence-electron chi connectivity index (χ3n) is 5.14. The van der Waals surface area contributed by atoms with Gasteiger partial charge in [-0.05, 0) is 61.8 Å². The van der Waals surface area contributed by atoms with Gasteiger partial charge in [0.15, 0.2) is 0 Å². The number of hydrogen-bond donors (Lipinski definition) is 1. The monoisotopic (exact) mass is 354 g/mol. The van der Waals surface area contributed by atoms with Crippen molar-refractivity contribution in [3.63, 3.8) is 0 Å². The lowest BCUT2D eigenvalue weighted by molar-refractivity contribution is -0.132. The highest BCUT2D eigenvalue weighted by Crippen LogP contribution is 2.28. The molecule has 1 saturated heterocycles. The summed E-state index contributed by atoms with van der Waals surface area (Å²) in [6.45, 7) is 4.83. The molecule has 24 heavy (non-hydrogen) atoms. The van der Waals surface area contributed by atoms with Crippen LogP contribution in [0.15, 0.2) is 24.3 Å². The van der Waals surface area contributed by atoms with E-state index < -0.39 is 0 Å². The van der Waals surface area contributed by atoms with Gasteiger partial charge in [-0.15, -0.1) is 12.4 Å². The molecule has 0 bridgehead atoms. The molecule has 1 N–H and O–H groups in total. The molecule has 134 valence electrons. The molecule has 1 aromatic carbocycles. The second-order valence-corrected chi connectivity index (χ2v) is 7.17. The summed E-state index contributed by atoms with van der Waals surface area (Å²) in [7, 11) is 0. The zero-order valence-corrected chi connectivity index (χ0v) is 15.2. The Morgan fingerprint density at radius 2 is 2.00 bits per heavy atom. The minimum absolute atomic E-state index is 0. The predicted molar refractivity (Wildman–Crippen MR) is 97.0 cm³/mol. The first-order valence-electron chi connectivity index (χ1n) is 8.88. The van der Waals surface area contributed by atoms with Crippen LogP contribution < -0.4 is 5.32 Å². The van der Waals surface area contributed by atoms with Crippen LogP contribution in [0.25, 0.3) is 0 Å². The number of carbonyl (C=O) groups excluding carboxylic acids is 1. The van der Waals surface area contributed by atoms with Crippen LogP contribution in [0, 0.1) is 11.7 Å². The molecule has 1 aromatic rings. The van der Waals surface area contributed by atoms with Gasteiger partial charge in [0.05, 0.1) is 0 Å². The molecule has 2 aliphatic rings. The van der Waals surface area contributed by atoms with Crippen molar-refractivity contribution in [3.05, 3.63) is 35.6 Å². The molecule has 1 heterocycles. The molecule has 0 spiro atoms. The molecule has 1 atom stereocenters. The molecule has 1 aliphatic heterocycles. The molecule has 2 fully saturated rings. The molecule has 3 rings (SSSR count). The van der Waals surface area contributed by atoms with E-state index in [1.807, 2.05) is 17.9 Å². The number of halogens is 2. The first-order chi connectivity index (χ1) is 11.1. The van der Waals surface area contributed by atoms with Crippen LogP contribution in [0.5, 0.6) is 0 Å². The minimum Gasteiger partial charge on any atom is -0.343 e. The lowest BCUT2D eigenvalue weighted by Gasteiger charge is -2.33. The maximum atomic E-state index is 13.3. The number of carbonyl (C=O) groups is 1. The van der Waals surface area contributed by atoms with Crippen molar-refractivity contribution in [3.8, 4) is 0 Å². The summed E-state index contributed by atoms with van der Waals surface area (Å²) in [6.07, 6.45) is 5.31. The average Bonchev–Trinajstić information content (AvgIpc) is 3.37. The maximum absolute atomic E-state index is 13.3. The molecule has 1 amide bonds. The molecule has 0 aromatic heterocycles. The third-order valence-corrected chi connectivity index (χ3v) is 5.14. The number of likely N-dealkylation sites (tertiary alicyclic amines) is 1. The van der Waals surface area contributed by atoms with Gasteiger partial charge in [-0.1, -0.05) is 19.1 Å². The highest BCUT2D eigenvalue weighted by molar-refractivity contribution is 5.85. The van der Waals surface area contributed by atoms with E-state index in [9.17, 15) is 9.18 Å². The van der Waals surface area contributed by atoms with Gasteiger partial charge in [-0.3, -0.25) is 4.79 Å². The van der Waals surface area contributed by atoms with Crippen molar-refractivity contribution >= 4 is 18.3 Å². The first kappa shape index (κ1) is 19.2. The van der Waals surface area contributed by atoms with Crippen molar-refractivity contribution in [2.75, 3.05) is 19.6 Å². The van der Waals surface area contributed by atoms with Crippen molar-refractivity contribution in [2.45, 2.75) is 51.0 Å². The average molecular weight is 355 g/mol. The SMILES string of the molecule is CC(CC(=O)N1CCC(NCC2CC2)CC1)c1cccc(F)c1.Cl. The fourth-order valence-electron chi connectivity index (χ4n) is 3.31. The van der Waals surface area contributed by atoms with Crippen molar-refractivity contribution < 1.29 is 9.18 Å². The van der Waals surface area contributed by atoms with Crippen molar-refractivity contribution in [1.29, 1.82) is 0 Å². The van der Waals surface area contributed by atoms with Gasteiger partial charge in [-0.25, -0.2) is 4.39 Å². The van der Waals surface area contributed by atoms with E-state index in [1.54, 1.807) is 6.07 Å². The summed E-state index contributed by atoms with van der Waals surface area (Å²) in [6, 6.07) is 7.15. The Morgan fingerprint density at radius 3 is 2.62 bits per heavy atom. The van der Waals surface area contributed by atoms with Gasteiger partial charge in [0.2, 0.25) is 5.91 Å². The smallest absolute Gasteiger partial charge is 0.223 e. The molecule has 1 aliphatic carbocycles. The Labute approximate surface area is 150 Å². The first-order valence-corrected chi connectivity index (χ1v) is 8.88. The summed E-state index contributed by atoms with van der Waals surface area (Å²) in [5, 5.41) is 3.64. The lowest BCUT2D eigenvalue weighted by Crippen LogP contribution is -2.45. The van der Waals surface area contributed by atoms with E-state index in [1.165, 1.54) is 25.0 Å². The normalized spacial score (nSPS) is 19.7. The standard InChI is InChI=1S/C19H27FN2O.ClH/c1-14(16-3-2-4-17(20)12-16)11-19(23)22-9-7-18(8-10-22)21-13-15-5-6-15;/h2-4,12,14-15,18,21H,5-11,13H2,1H3;1H. The topological polar surface area (TPSA) is 32.3 Å². The van der Waals surface area contributed by atoms with Gasteiger partial charge < -0.3 is 10.2 Å². The molecule has 1 saturated carbocycles. The largest absolute Gasteiger partial charge is 0.343 e. The third kappa shape index (κ3) is 5.45. The fraction of sp³-hybridized carbons (Fsp3) is 0.632. The van der Waals surface area contributed by atoms with E-state index >= 15 is 0 Å². The quantitative estimate of drug-likeness (QED) is 0.844. The summed E-state index contributed by atoms with van der Waals surface area (Å²) in [5.74, 6) is 0.928. The number of benzene rings is 1. The van der Waals surface area contributed by atoms with Crippen LogP contribution >= 0.6 is 12.4 Å². The molecule has 0 radical (unpaired) electrons. The van der Waals surface area contributed by atoms with Gasteiger partial charge in [0, 0.05) is 25.6 Å². The highest BCUT2D eigenvalue weighted by Gasteiger charge is 2.26. The zero-order chi connectivity index (χ0) is 16.2. The molecular formula is C19H28ClFN2O. The number of nitrogens with one attached hydrogen (secondary N) is 1. The van der Waals surface area contributed by atoms with E-state index in [-0.39, 0.29) is 30.0 Å². The van der Waals surface area contributed by atoms with Gasteiger partial charge in [0.1, 0.15) is 5.82 Å². The number of amides is 1. The predicted octanol–water partition coefficient (Wildman–Crippen LogP) is 3.73. The van der Waals surface area contributed by atoms with E-state index in [0.717, 1.165) is 44.0 Å². The van der Waals surface area contributed by atoms with Gasteiger partial charge >= 0.3 is 0 Å². The Kier molecular flexibility index (Phi) is 7.05. The molecule has 3 nitrogen and oxygen atoms in total. The fourth-order valence-corrected chi connectivity index (χ4v) is 3.31. The Balaban J connectivity index is 0.00000208. The van der Waals surface area contributed by atoms with Crippen LogP contribution in [0.1, 0.15) is 50.5 Å². The zero-order valence-electron chi connectivity index (χ0n) is 14.3. The number of rotatable bonds is 6. The van der Waals surface area contributed by atoms with Crippen LogP contribution in [0.3, 0.4) is 0 Å². The van der Waals surface area contributed by atoms with Crippen molar-refractivity contribution in [2.24, 2.45) is 5.92 Å². The minimum atomic E-state index is -0.232. The summed E-state index contributed by atoms with van der Waals surface area (Å²) in [5.41, 5.74) is 0.902. The van der Waals surface area contributed by atoms with Crippen LogP contribution in [-0.2, 0) is 4.79 Å². The Hall–Kier alpha value is -1.13. The van der Waals surface area contributed by atoms with E-state index in [0.29, 0.717) is 12.5 Å².